The molecule has 4 aromatic carbocycles. The number of hydrogen-bond acceptors (Lipinski definition) is 11. The van der Waals surface area contributed by atoms with E-state index in [1.807, 2.05) is 118 Å². The van der Waals surface area contributed by atoms with Gasteiger partial charge in [-0.05, 0) is 96.5 Å². The molecule has 73 heavy (non-hydrogen) atoms. The van der Waals surface area contributed by atoms with Crippen molar-refractivity contribution < 1.29 is 42.9 Å². The van der Waals surface area contributed by atoms with E-state index < -0.39 is 5.92 Å². The lowest BCUT2D eigenvalue weighted by Crippen LogP contribution is -2.43. The zero-order valence-electron chi connectivity index (χ0n) is 43.0. The number of anilines is 2. The first kappa shape index (κ1) is 56.2. The minimum atomic E-state index is -0.463. The van der Waals surface area contributed by atoms with Crippen molar-refractivity contribution in [3.8, 4) is 17.2 Å². The van der Waals surface area contributed by atoms with E-state index in [1.165, 1.54) is 0 Å². The molecular formula is C57H71ClN6O9. The third-order valence-electron chi connectivity index (χ3n) is 12.6. The van der Waals surface area contributed by atoms with Gasteiger partial charge in [0.15, 0.2) is 0 Å². The van der Waals surface area contributed by atoms with Crippen molar-refractivity contribution in [2.24, 2.45) is 11.3 Å². The summed E-state index contributed by atoms with van der Waals surface area (Å²) in [6, 6.07) is 31.3. The normalized spacial score (nSPS) is 17.7. The van der Waals surface area contributed by atoms with E-state index in [-0.39, 0.29) is 59.2 Å². The number of aryl methyl sites for hydroxylation is 1. The van der Waals surface area contributed by atoms with Crippen LogP contribution in [0.5, 0.6) is 0 Å². The first-order valence-corrected chi connectivity index (χ1v) is 25.5. The average molecular weight is 1020 g/mol. The van der Waals surface area contributed by atoms with Gasteiger partial charge < -0.3 is 49.4 Å². The average Bonchev–Trinajstić information content (AvgIpc) is 3.82. The third-order valence-corrected chi connectivity index (χ3v) is 12.8. The number of fused-ring (bicyclic) bond motifs is 1. The number of ether oxygens (including phenoxy) is 5. The summed E-state index contributed by atoms with van der Waals surface area (Å²) in [6.07, 6.45) is 2.43. The molecule has 390 valence electrons. The predicted octanol–water partition coefficient (Wildman–Crippen LogP) is 8.28. The number of allylic oxidation sites excluding steroid dienone is 1. The monoisotopic (exact) mass is 1020 g/mol. The standard InChI is InChI=1S/C57H71ClN6O9/c1-39-8-7-9-45(32-39)50-37-63(56(68)46(36-59)35-57(4,5)6)38-51(50)55(67)61-21-23-70-25-27-72-29-31-73-30-28-71-26-24-69-22-20-60-54(66)43-12-10-42(11-13-43)44-14-19-53-49(34-44)52(33-40(2)64(53)41(3)65)62-48-17-15-47(58)16-18-48/h7-19,32,34-35,40,50-52,62H,20-31,33,37-38H2,1-6H3,(H,60,66)(H,61,67)/b46-35+/t40-,50?,51?,52+/m0/s1. The maximum absolute atomic E-state index is 13.4. The maximum atomic E-state index is 13.4. The summed E-state index contributed by atoms with van der Waals surface area (Å²) in [6.45, 7) is 16.5. The van der Waals surface area contributed by atoms with Crippen LogP contribution >= 0.6 is 11.6 Å². The molecule has 2 heterocycles. The van der Waals surface area contributed by atoms with Crippen LogP contribution in [0.2, 0.25) is 5.02 Å². The van der Waals surface area contributed by atoms with Crippen molar-refractivity contribution >= 4 is 46.6 Å². The van der Waals surface area contributed by atoms with Crippen LogP contribution < -0.4 is 20.9 Å². The van der Waals surface area contributed by atoms with Gasteiger partial charge in [0.1, 0.15) is 11.6 Å². The molecular weight excluding hydrogens is 948 g/mol. The lowest BCUT2D eigenvalue weighted by atomic mass is 9.87. The first-order valence-electron chi connectivity index (χ1n) is 25.1. The smallest absolute Gasteiger partial charge is 0.264 e. The second-order valence-electron chi connectivity index (χ2n) is 19.5. The van der Waals surface area contributed by atoms with Crippen molar-refractivity contribution in [3.63, 3.8) is 0 Å². The second-order valence-corrected chi connectivity index (χ2v) is 19.9. The van der Waals surface area contributed by atoms with E-state index in [0.29, 0.717) is 96.3 Å². The van der Waals surface area contributed by atoms with Gasteiger partial charge in [-0.3, -0.25) is 19.2 Å². The molecule has 4 aromatic rings. The van der Waals surface area contributed by atoms with Crippen molar-refractivity contribution in [3.05, 3.63) is 130 Å². The summed E-state index contributed by atoms with van der Waals surface area (Å²) < 4.78 is 28.1. The Labute approximate surface area is 435 Å². The van der Waals surface area contributed by atoms with Gasteiger partial charge in [-0.15, -0.1) is 0 Å². The summed E-state index contributed by atoms with van der Waals surface area (Å²) in [5.74, 6) is -1.36. The van der Waals surface area contributed by atoms with Crippen molar-refractivity contribution in [1.29, 1.82) is 5.26 Å². The number of likely N-dealkylation sites (tertiary alicyclic amines) is 1. The van der Waals surface area contributed by atoms with Crippen molar-refractivity contribution in [1.82, 2.24) is 15.5 Å². The lowest BCUT2D eigenvalue weighted by molar-refractivity contribution is -0.127. The Bertz CT molecular complexity index is 2540. The molecule has 0 saturated carbocycles. The van der Waals surface area contributed by atoms with Crippen LogP contribution in [0, 0.1) is 29.6 Å². The molecule has 6 rings (SSSR count). The molecule has 2 aliphatic rings. The number of halogens is 1. The fraction of sp³-hybridized carbons (Fsp3) is 0.456. The number of nitrogens with zero attached hydrogens (tertiary/aromatic N) is 3. The first-order chi connectivity index (χ1) is 35.1. The van der Waals surface area contributed by atoms with Crippen LogP contribution in [-0.4, -0.2) is 127 Å². The molecule has 0 radical (unpaired) electrons. The fourth-order valence-electron chi connectivity index (χ4n) is 9.14. The minimum Gasteiger partial charge on any atom is -0.378 e. The Morgan fingerprint density at radius 3 is 1.92 bits per heavy atom. The van der Waals surface area contributed by atoms with Crippen LogP contribution in [0.1, 0.15) is 80.0 Å². The molecule has 15 nitrogen and oxygen atoms in total. The summed E-state index contributed by atoms with van der Waals surface area (Å²) in [5, 5.41) is 19.9. The zero-order valence-corrected chi connectivity index (χ0v) is 43.8. The van der Waals surface area contributed by atoms with Gasteiger partial charge in [0.05, 0.1) is 78.0 Å². The number of amides is 4. The maximum Gasteiger partial charge on any atom is 0.264 e. The molecule has 2 unspecified atom stereocenters. The van der Waals surface area contributed by atoms with Crippen molar-refractivity contribution in [2.45, 2.75) is 66.0 Å². The van der Waals surface area contributed by atoms with E-state index in [9.17, 15) is 24.4 Å². The Morgan fingerprint density at radius 2 is 1.34 bits per heavy atom. The highest BCUT2D eigenvalue weighted by atomic mass is 35.5. The van der Waals surface area contributed by atoms with Crippen LogP contribution in [0.4, 0.5) is 11.4 Å². The lowest BCUT2D eigenvalue weighted by Gasteiger charge is -2.39. The molecule has 0 spiro atoms. The Balaban J connectivity index is 0.782. The van der Waals surface area contributed by atoms with Gasteiger partial charge >= 0.3 is 0 Å². The molecule has 4 amide bonds. The Hall–Kier alpha value is -6.12. The molecule has 1 saturated heterocycles. The molecule has 3 N–H and O–H groups in total. The highest BCUT2D eigenvalue weighted by molar-refractivity contribution is 6.30. The van der Waals surface area contributed by atoms with Gasteiger partial charge in [0.2, 0.25) is 11.8 Å². The van der Waals surface area contributed by atoms with Crippen LogP contribution in [0.25, 0.3) is 11.1 Å². The second kappa shape index (κ2) is 27.8. The number of nitrogens with one attached hydrogen (secondary N) is 3. The fourth-order valence-corrected chi connectivity index (χ4v) is 9.26. The van der Waals surface area contributed by atoms with Gasteiger partial charge in [0, 0.05) is 67.0 Å². The number of nitriles is 1. The predicted molar refractivity (Wildman–Crippen MR) is 284 cm³/mol. The van der Waals surface area contributed by atoms with E-state index >= 15 is 0 Å². The molecule has 4 atom stereocenters. The highest BCUT2D eigenvalue weighted by Gasteiger charge is 2.41. The number of hydrogen-bond donors (Lipinski definition) is 3. The number of rotatable bonds is 25. The molecule has 0 aliphatic carbocycles. The highest BCUT2D eigenvalue weighted by Crippen LogP contribution is 2.41. The summed E-state index contributed by atoms with van der Waals surface area (Å²) in [4.78, 5) is 55.9. The largest absolute Gasteiger partial charge is 0.378 e. The summed E-state index contributed by atoms with van der Waals surface area (Å²) >= 11 is 6.13. The van der Waals surface area contributed by atoms with E-state index in [1.54, 1.807) is 17.9 Å². The van der Waals surface area contributed by atoms with Gasteiger partial charge in [-0.2, -0.15) is 5.26 Å². The Morgan fingerprint density at radius 1 is 0.753 bits per heavy atom. The number of benzene rings is 4. The van der Waals surface area contributed by atoms with Gasteiger partial charge in [-0.25, -0.2) is 0 Å². The Kier molecular flexibility index (Phi) is 21.4. The summed E-state index contributed by atoms with van der Waals surface area (Å²) in [5.41, 5.74) is 7.16. The zero-order chi connectivity index (χ0) is 52.3. The van der Waals surface area contributed by atoms with E-state index in [4.69, 9.17) is 35.3 Å². The molecule has 1 fully saturated rings. The van der Waals surface area contributed by atoms with Gasteiger partial charge in [-0.1, -0.05) is 86.5 Å². The van der Waals surface area contributed by atoms with Gasteiger partial charge in [0.25, 0.3) is 11.8 Å². The molecule has 0 aromatic heterocycles. The van der Waals surface area contributed by atoms with Crippen molar-refractivity contribution in [2.75, 3.05) is 102 Å². The quantitative estimate of drug-likeness (QED) is 0.0330. The topological polar surface area (TPSA) is 181 Å². The number of carbonyl (C=O) groups is 4. The molecule has 2 aliphatic heterocycles. The van der Waals surface area contributed by atoms with Crippen LogP contribution in [0.3, 0.4) is 0 Å². The van der Waals surface area contributed by atoms with Crippen LogP contribution in [-0.2, 0) is 38.1 Å². The number of carbonyl (C=O) groups excluding carboxylic acids is 4. The third kappa shape index (κ3) is 17.0. The summed E-state index contributed by atoms with van der Waals surface area (Å²) in [7, 11) is 0. The molecule has 0 bridgehead atoms. The van der Waals surface area contributed by atoms with E-state index in [0.717, 1.165) is 45.6 Å². The van der Waals surface area contributed by atoms with E-state index in [2.05, 4.69) is 35.0 Å². The SMILES string of the molecule is CC(=O)N1c2ccc(-c3ccc(C(=O)NCCOCCOCCOCCOCCOCCNC(=O)C4CN(C(=O)/C(C#N)=C/C(C)(C)C)CC4c4cccc(C)c4)cc3)cc2[C@H](Nc2ccc(Cl)cc2)C[C@@H]1C. The molecule has 16 heteroatoms. The minimum absolute atomic E-state index is 0.00240. The van der Waals surface area contributed by atoms with Crippen LogP contribution in [0.15, 0.2) is 103 Å².